The van der Waals surface area contributed by atoms with Crippen LogP contribution in [-0.2, 0) is 22.4 Å². The van der Waals surface area contributed by atoms with Crippen LogP contribution in [0, 0.1) is 5.92 Å². The van der Waals surface area contributed by atoms with Gasteiger partial charge in [-0.1, -0.05) is 36.4 Å². The molecular formula is C18H22N4O3. The number of carboxylic acid groups (broad SMARTS) is 1. The van der Waals surface area contributed by atoms with E-state index in [9.17, 15) is 14.7 Å². The van der Waals surface area contributed by atoms with Gasteiger partial charge in [-0.05, 0) is 30.4 Å². The maximum Gasteiger partial charge on any atom is 0.306 e. The Morgan fingerprint density at radius 2 is 2.12 bits per heavy atom. The average Bonchev–Trinajstić information content (AvgIpc) is 3.24. The van der Waals surface area contributed by atoms with E-state index in [1.165, 1.54) is 5.56 Å². The number of aryl methyl sites for hydroxylation is 1. The van der Waals surface area contributed by atoms with Crippen molar-refractivity contribution in [2.24, 2.45) is 5.92 Å². The predicted octanol–water partition coefficient (Wildman–Crippen LogP) is 1.60. The van der Waals surface area contributed by atoms with E-state index in [0.717, 1.165) is 12.0 Å². The molecule has 3 atom stereocenters. The largest absolute Gasteiger partial charge is 0.481 e. The van der Waals surface area contributed by atoms with Gasteiger partial charge in [0, 0.05) is 6.20 Å². The second-order valence-corrected chi connectivity index (χ2v) is 6.48. The molecule has 1 aliphatic carbocycles. The summed E-state index contributed by atoms with van der Waals surface area (Å²) >= 11 is 0. The summed E-state index contributed by atoms with van der Waals surface area (Å²) in [6.45, 7) is 2.08. The average molecular weight is 342 g/mol. The summed E-state index contributed by atoms with van der Waals surface area (Å²) in [5.41, 5.74) is 2.15. The SMILES string of the molecule is CCc1cccc(CC(=O)N[C@@H]2CC(C(=O)O)C[C@@H]2n2ccnn2)c1. The van der Waals surface area contributed by atoms with Crippen molar-refractivity contribution in [2.45, 2.75) is 44.7 Å². The molecule has 1 fully saturated rings. The lowest BCUT2D eigenvalue weighted by Gasteiger charge is -2.20. The Balaban J connectivity index is 1.68. The highest BCUT2D eigenvalue weighted by Crippen LogP contribution is 2.34. The monoisotopic (exact) mass is 342 g/mol. The molecule has 1 saturated carbocycles. The molecule has 132 valence electrons. The normalized spacial score (nSPS) is 22.7. The molecule has 0 aliphatic heterocycles. The van der Waals surface area contributed by atoms with Crippen molar-refractivity contribution < 1.29 is 14.7 Å². The number of carboxylic acids is 1. The van der Waals surface area contributed by atoms with Crippen LogP contribution in [0.15, 0.2) is 36.7 Å². The molecule has 25 heavy (non-hydrogen) atoms. The summed E-state index contributed by atoms with van der Waals surface area (Å²) in [6.07, 6.45) is 5.32. The number of nitrogens with zero attached hydrogens (tertiary/aromatic N) is 3. The summed E-state index contributed by atoms with van der Waals surface area (Å²) in [6, 6.07) is 7.51. The Labute approximate surface area is 146 Å². The smallest absolute Gasteiger partial charge is 0.306 e. The van der Waals surface area contributed by atoms with Gasteiger partial charge in [0.15, 0.2) is 0 Å². The minimum atomic E-state index is -0.836. The third kappa shape index (κ3) is 4.04. The number of aromatic nitrogens is 3. The van der Waals surface area contributed by atoms with Gasteiger partial charge in [0.05, 0.1) is 30.6 Å². The van der Waals surface area contributed by atoms with Gasteiger partial charge in [-0.25, -0.2) is 4.68 Å². The van der Waals surface area contributed by atoms with E-state index in [-0.39, 0.29) is 24.4 Å². The quantitative estimate of drug-likeness (QED) is 0.831. The first-order chi connectivity index (χ1) is 12.1. The van der Waals surface area contributed by atoms with Gasteiger partial charge in [0.1, 0.15) is 0 Å². The predicted molar refractivity (Wildman–Crippen MR) is 90.9 cm³/mol. The zero-order chi connectivity index (χ0) is 17.8. The van der Waals surface area contributed by atoms with Crippen molar-refractivity contribution >= 4 is 11.9 Å². The maximum atomic E-state index is 12.5. The molecule has 1 amide bonds. The highest BCUT2D eigenvalue weighted by Gasteiger charge is 2.40. The standard InChI is InChI=1S/C18H22N4O3/c1-2-12-4-3-5-13(8-12)9-17(23)20-15-10-14(18(24)25)11-16(15)22-7-6-19-21-22/h3-8,14-16H,2,9-11H2,1H3,(H,20,23)(H,24,25)/t14?,15-,16+/m1/s1. The topological polar surface area (TPSA) is 97.1 Å². The summed E-state index contributed by atoms with van der Waals surface area (Å²) in [5.74, 6) is -1.42. The van der Waals surface area contributed by atoms with E-state index in [1.807, 2.05) is 24.3 Å². The van der Waals surface area contributed by atoms with E-state index in [0.29, 0.717) is 12.8 Å². The number of carbonyl (C=O) groups is 2. The van der Waals surface area contributed by atoms with Gasteiger partial charge in [-0.15, -0.1) is 5.10 Å². The number of hydrogen-bond acceptors (Lipinski definition) is 4. The molecule has 0 bridgehead atoms. The van der Waals surface area contributed by atoms with E-state index in [2.05, 4.69) is 22.6 Å². The Morgan fingerprint density at radius 3 is 2.80 bits per heavy atom. The van der Waals surface area contributed by atoms with Crippen LogP contribution in [0.4, 0.5) is 0 Å². The lowest BCUT2D eigenvalue weighted by molar-refractivity contribution is -0.141. The zero-order valence-corrected chi connectivity index (χ0v) is 14.1. The van der Waals surface area contributed by atoms with Crippen LogP contribution < -0.4 is 5.32 Å². The molecule has 1 unspecified atom stereocenters. The minimum Gasteiger partial charge on any atom is -0.481 e. The Hall–Kier alpha value is -2.70. The molecule has 0 saturated heterocycles. The van der Waals surface area contributed by atoms with E-state index in [4.69, 9.17) is 0 Å². The highest BCUT2D eigenvalue weighted by molar-refractivity contribution is 5.79. The first-order valence-corrected chi connectivity index (χ1v) is 8.52. The molecule has 3 rings (SSSR count). The second-order valence-electron chi connectivity index (χ2n) is 6.48. The van der Waals surface area contributed by atoms with Gasteiger partial charge >= 0.3 is 5.97 Å². The molecule has 1 heterocycles. The first-order valence-electron chi connectivity index (χ1n) is 8.52. The molecule has 7 heteroatoms. The number of aliphatic carboxylic acids is 1. The lowest BCUT2D eigenvalue weighted by atomic mass is 10.1. The summed E-state index contributed by atoms with van der Waals surface area (Å²) in [4.78, 5) is 23.8. The van der Waals surface area contributed by atoms with Crippen LogP contribution in [0.5, 0.6) is 0 Å². The molecule has 1 aromatic heterocycles. The van der Waals surface area contributed by atoms with Crippen molar-refractivity contribution in [1.29, 1.82) is 0 Å². The van der Waals surface area contributed by atoms with Crippen molar-refractivity contribution in [3.8, 4) is 0 Å². The number of rotatable bonds is 6. The van der Waals surface area contributed by atoms with Crippen LogP contribution in [0.3, 0.4) is 0 Å². The molecule has 1 aliphatic rings. The van der Waals surface area contributed by atoms with Gasteiger partial charge in [0.25, 0.3) is 0 Å². The van der Waals surface area contributed by atoms with Crippen LogP contribution in [0.2, 0.25) is 0 Å². The van der Waals surface area contributed by atoms with Crippen LogP contribution in [-0.4, -0.2) is 38.0 Å². The Morgan fingerprint density at radius 1 is 1.32 bits per heavy atom. The lowest BCUT2D eigenvalue weighted by Crippen LogP contribution is -2.39. The fourth-order valence-electron chi connectivity index (χ4n) is 3.46. The third-order valence-corrected chi connectivity index (χ3v) is 4.77. The molecule has 0 spiro atoms. The molecule has 2 N–H and O–H groups in total. The summed E-state index contributed by atoms with van der Waals surface area (Å²) < 4.78 is 1.64. The number of carbonyl (C=O) groups excluding carboxylic acids is 1. The zero-order valence-electron chi connectivity index (χ0n) is 14.1. The maximum absolute atomic E-state index is 12.5. The number of benzene rings is 1. The fraction of sp³-hybridized carbons (Fsp3) is 0.444. The van der Waals surface area contributed by atoms with E-state index >= 15 is 0 Å². The minimum absolute atomic E-state index is 0.102. The van der Waals surface area contributed by atoms with Crippen LogP contribution in [0.1, 0.15) is 36.9 Å². The Bertz CT molecular complexity index is 745. The number of amides is 1. The first kappa shape index (κ1) is 17.1. The van der Waals surface area contributed by atoms with E-state index in [1.54, 1.807) is 17.1 Å². The highest BCUT2D eigenvalue weighted by atomic mass is 16.4. The van der Waals surface area contributed by atoms with Crippen molar-refractivity contribution in [2.75, 3.05) is 0 Å². The van der Waals surface area contributed by atoms with Crippen LogP contribution in [0.25, 0.3) is 0 Å². The Kier molecular flexibility index (Phi) is 5.11. The van der Waals surface area contributed by atoms with Crippen molar-refractivity contribution in [3.63, 3.8) is 0 Å². The van der Waals surface area contributed by atoms with Gasteiger partial charge in [-0.3, -0.25) is 9.59 Å². The second kappa shape index (κ2) is 7.46. The van der Waals surface area contributed by atoms with E-state index < -0.39 is 11.9 Å². The molecule has 2 aromatic rings. The molecule has 0 radical (unpaired) electrons. The number of hydrogen-bond donors (Lipinski definition) is 2. The fourth-order valence-corrected chi connectivity index (χ4v) is 3.46. The molecular weight excluding hydrogens is 320 g/mol. The molecule has 1 aromatic carbocycles. The third-order valence-electron chi connectivity index (χ3n) is 4.77. The van der Waals surface area contributed by atoms with Gasteiger partial charge in [0.2, 0.25) is 5.91 Å². The summed E-state index contributed by atoms with van der Waals surface area (Å²) in [5, 5.41) is 20.1. The molecule has 7 nitrogen and oxygen atoms in total. The van der Waals surface area contributed by atoms with Crippen molar-refractivity contribution in [3.05, 3.63) is 47.8 Å². The van der Waals surface area contributed by atoms with Crippen molar-refractivity contribution in [1.82, 2.24) is 20.3 Å². The van der Waals surface area contributed by atoms with Gasteiger partial charge < -0.3 is 10.4 Å². The van der Waals surface area contributed by atoms with Crippen LogP contribution >= 0.6 is 0 Å². The summed E-state index contributed by atoms with van der Waals surface area (Å²) in [7, 11) is 0. The van der Waals surface area contributed by atoms with Gasteiger partial charge in [-0.2, -0.15) is 0 Å². The number of nitrogens with one attached hydrogen (secondary N) is 1.